The van der Waals surface area contributed by atoms with Gasteiger partial charge in [0.15, 0.2) is 0 Å². The predicted molar refractivity (Wildman–Crippen MR) is 81.6 cm³/mol. The topological polar surface area (TPSA) is 94.5 Å². The third-order valence-electron chi connectivity index (χ3n) is 5.51. The highest BCUT2D eigenvalue weighted by Crippen LogP contribution is 2.58. The Morgan fingerprint density at radius 3 is 2.26 bits per heavy atom. The van der Waals surface area contributed by atoms with Gasteiger partial charge in [0.1, 0.15) is 6.61 Å². The van der Waals surface area contributed by atoms with Gasteiger partial charge in [-0.3, -0.25) is 0 Å². The van der Waals surface area contributed by atoms with E-state index in [0.717, 1.165) is 32.1 Å². The molecule has 0 aromatic heterocycles. The first-order valence-corrected chi connectivity index (χ1v) is 9.20. The predicted octanol–water partition coefficient (Wildman–Crippen LogP) is 2.93. The molecule has 0 spiro atoms. The molecule has 4 rings (SSSR count). The van der Waals surface area contributed by atoms with Crippen LogP contribution in [-0.2, 0) is 23.6 Å². The Bertz CT molecular complexity index is 561. The number of alkyl halides is 4. The molecule has 4 aliphatic carbocycles. The maximum absolute atomic E-state index is 13.9. The van der Waals surface area contributed by atoms with Gasteiger partial charge in [0.05, 0.1) is 29.9 Å². The fourth-order valence-electron chi connectivity index (χ4n) is 5.04. The molecule has 4 saturated carbocycles. The first-order chi connectivity index (χ1) is 12.5. The van der Waals surface area contributed by atoms with E-state index < -0.39 is 47.0 Å². The molecular weight excluding hydrogens is 400 g/mol. The molecule has 7 nitrogen and oxygen atoms in total. The van der Waals surface area contributed by atoms with Crippen LogP contribution in [0.2, 0.25) is 0 Å². The van der Waals surface area contributed by atoms with Crippen LogP contribution in [0.5, 0.6) is 0 Å². The Hall–Kier alpha value is -0.660. The van der Waals surface area contributed by atoms with E-state index in [2.05, 4.69) is 14.1 Å². The Morgan fingerprint density at radius 1 is 1.11 bits per heavy atom. The third-order valence-corrected chi connectivity index (χ3v) is 6.26. The molecule has 0 aromatic rings. The SMILES string of the molecule is O=C(OCCOC12CC3CC(CC(O)(C3)C1)C2)C(F)(SOOO)C(F)(F)F. The van der Waals surface area contributed by atoms with E-state index in [9.17, 15) is 27.5 Å². The van der Waals surface area contributed by atoms with Gasteiger partial charge in [0, 0.05) is 6.42 Å². The van der Waals surface area contributed by atoms with Crippen LogP contribution in [0, 0.1) is 11.8 Å². The summed E-state index contributed by atoms with van der Waals surface area (Å²) in [4.78, 5) is 11.5. The van der Waals surface area contributed by atoms with Crippen molar-refractivity contribution in [1.29, 1.82) is 0 Å². The van der Waals surface area contributed by atoms with E-state index in [1.54, 1.807) is 0 Å². The second-order valence-corrected chi connectivity index (χ2v) is 8.54. The van der Waals surface area contributed by atoms with Gasteiger partial charge in [-0.25, -0.2) is 14.4 Å². The van der Waals surface area contributed by atoms with Crippen LogP contribution in [0.1, 0.15) is 38.5 Å². The molecular formula is C15H20F4O7S. The lowest BCUT2D eigenvalue weighted by Crippen LogP contribution is -2.60. The molecule has 156 valence electrons. The number of hydrogen-bond donors (Lipinski definition) is 2. The van der Waals surface area contributed by atoms with Crippen molar-refractivity contribution in [2.75, 3.05) is 13.2 Å². The van der Waals surface area contributed by atoms with Crippen molar-refractivity contribution < 1.29 is 51.6 Å². The highest BCUT2D eigenvalue weighted by Gasteiger charge is 2.66. The highest BCUT2D eigenvalue weighted by atomic mass is 32.2. The van der Waals surface area contributed by atoms with Crippen molar-refractivity contribution in [3.63, 3.8) is 0 Å². The van der Waals surface area contributed by atoms with Crippen molar-refractivity contribution in [2.24, 2.45) is 11.8 Å². The van der Waals surface area contributed by atoms with Gasteiger partial charge in [-0.2, -0.15) is 13.2 Å². The monoisotopic (exact) mass is 420 g/mol. The van der Waals surface area contributed by atoms with Crippen LogP contribution in [0.15, 0.2) is 0 Å². The van der Waals surface area contributed by atoms with Crippen LogP contribution in [0.4, 0.5) is 17.6 Å². The normalized spacial score (nSPS) is 37.3. The fraction of sp³-hybridized carbons (Fsp3) is 0.933. The number of hydrogen-bond acceptors (Lipinski definition) is 8. The molecule has 0 heterocycles. The zero-order valence-corrected chi connectivity index (χ0v) is 15.0. The zero-order chi connectivity index (χ0) is 19.9. The Morgan fingerprint density at radius 2 is 1.74 bits per heavy atom. The highest BCUT2D eigenvalue weighted by molar-refractivity contribution is 7.96. The summed E-state index contributed by atoms with van der Waals surface area (Å²) in [6, 6.07) is 0. The number of aliphatic hydroxyl groups is 1. The smallest absolute Gasteiger partial charge is 0.446 e. The number of carbonyl (C=O) groups is 1. The Balaban J connectivity index is 1.52. The summed E-state index contributed by atoms with van der Waals surface area (Å²) in [7, 11) is 0. The van der Waals surface area contributed by atoms with Crippen LogP contribution in [0.25, 0.3) is 0 Å². The van der Waals surface area contributed by atoms with Crippen LogP contribution in [-0.4, -0.2) is 51.9 Å². The minimum atomic E-state index is -5.66. The van der Waals surface area contributed by atoms with E-state index in [4.69, 9.17) is 9.99 Å². The standard InChI is InChI=1S/C15H20F4O7S/c16-14(15(17,18)19,27-26-25-22)11(20)23-1-2-24-13-6-9-3-10(7-13)5-12(21,4-9)8-13/h9-10,21-22H,1-8H2. The molecule has 4 bridgehead atoms. The van der Waals surface area contributed by atoms with Crippen LogP contribution >= 0.6 is 12.0 Å². The maximum Gasteiger partial charge on any atom is 0.446 e. The molecule has 4 aliphatic rings. The van der Waals surface area contributed by atoms with E-state index in [-0.39, 0.29) is 6.61 Å². The van der Waals surface area contributed by atoms with Crippen molar-refractivity contribution in [2.45, 2.75) is 60.9 Å². The average Bonchev–Trinajstić information content (AvgIpc) is 2.53. The molecule has 0 amide bonds. The lowest BCUT2D eigenvalue weighted by molar-refractivity contribution is -0.433. The molecule has 12 heteroatoms. The number of esters is 1. The molecule has 3 unspecified atom stereocenters. The largest absolute Gasteiger partial charge is 0.460 e. The van der Waals surface area contributed by atoms with E-state index in [0.29, 0.717) is 18.3 Å². The second-order valence-electron chi connectivity index (χ2n) is 7.67. The number of halogens is 4. The first-order valence-electron chi connectivity index (χ1n) is 8.46. The third kappa shape index (κ3) is 4.20. The molecule has 3 atom stereocenters. The quantitative estimate of drug-likeness (QED) is 0.155. The van der Waals surface area contributed by atoms with Gasteiger partial charge in [0.2, 0.25) is 0 Å². The molecule has 0 aromatic carbocycles. The summed E-state index contributed by atoms with van der Waals surface area (Å²) < 4.78 is 65.8. The van der Waals surface area contributed by atoms with Crippen LogP contribution in [0.3, 0.4) is 0 Å². The van der Waals surface area contributed by atoms with Gasteiger partial charge in [-0.15, -0.1) is 4.33 Å². The van der Waals surface area contributed by atoms with Gasteiger partial charge in [0.25, 0.3) is 0 Å². The number of ether oxygens (including phenoxy) is 2. The molecule has 27 heavy (non-hydrogen) atoms. The van der Waals surface area contributed by atoms with Gasteiger partial charge in [-0.05, 0) is 43.9 Å². The van der Waals surface area contributed by atoms with Crippen molar-refractivity contribution >= 4 is 18.0 Å². The fourth-order valence-corrected chi connectivity index (χ4v) is 5.39. The van der Waals surface area contributed by atoms with Crippen molar-refractivity contribution in [3.8, 4) is 0 Å². The van der Waals surface area contributed by atoms with E-state index >= 15 is 0 Å². The first kappa shape index (κ1) is 21.1. The van der Waals surface area contributed by atoms with E-state index in [1.165, 1.54) is 0 Å². The molecule has 0 aliphatic heterocycles. The summed E-state index contributed by atoms with van der Waals surface area (Å²) in [5.41, 5.74) is -1.35. The van der Waals surface area contributed by atoms with Crippen LogP contribution < -0.4 is 0 Å². The van der Waals surface area contributed by atoms with Crippen molar-refractivity contribution in [3.05, 3.63) is 0 Å². The van der Waals surface area contributed by atoms with Crippen molar-refractivity contribution in [1.82, 2.24) is 0 Å². The summed E-state index contributed by atoms with van der Waals surface area (Å²) in [6.07, 6.45) is -1.25. The Kier molecular flexibility index (Phi) is 5.70. The van der Waals surface area contributed by atoms with E-state index in [1.807, 2.05) is 0 Å². The number of carbonyl (C=O) groups excluding carboxylic acids is 1. The molecule has 0 radical (unpaired) electrons. The summed E-state index contributed by atoms with van der Waals surface area (Å²) in [6.45, 7) is -0.826. The zero-order valence-electron chi connectivity index (χ0n) is 14.2. The summed E-state index contributed by atoms with van der Waals surface area (Å²) >= 11 is -1.07. The lowest BCUT2D eigenvalue weighted by Gasteiger charge is -2.59. The van der Waals surface area contributed by atoms with Gasteiger partial charge in [-0.1, -0.05) is 5.04 Å². The molecule has 0 saturated heterocycles. The van der Waals surface area contributed by atoms with Gasteiger partial charge >= 0.3 is 17.1 Å². The molecule has 4 fully saturated rings. The minimum absolute atomic E-state index is 0.225. The lowest BCUT2D eigenvalue weighted by atomic mass is 9.52. The summed E-state index contributed by atoms with van der Waals surface area (Å²) in [5.74, 6) is -1.56. The van der Waals surface area contributed by atoms with Gasteiger partial charge < -0.3 is 14.6 Å². The molecule has 2 N–H and O–H groups in total. The average molecular weight is 420 g/mol. The maximum atomic E-state index is 13.9. The number of rotatable bonds is 8. The summed E-state index contributed by atoms with van der Waals surface area (Å²) in [5, 5.41) is 16.9. The minimum Gasteiger partial charge on any atom is -0.460 e. The Labute approximate surface area is 156 Å². The second kappa shape index (κ2) is 7.30.